The summed E-state index contributed by atoms with van der Waals surface area (Å²) < 4.78 is 31.4. The zero-order valence-electron chi connectivity index (χ0n) is 18.0. The molecule has 5 rings (SSSR count). The molecular weight excluding hydrogens is 460 g/mol. The van der Waals surface area contributed by atoms with E-state index >= 15 is 0 Å². The Kier molecular flexibility index (Phi) is 5.72. The Morgan fingerprint density at radius 2 is 1.97 bits per heavy atom. The lowest BCUT2D eigenvalue weighted by atomic mass is 9.82. The third-order valence-corrected chi connectivity index (χ3v) is 6.75. The number of aliphatic hydroxyl groups is 1. The molecule has 3 aromatic heterocycles. The van der Waals surface area contributed by atoms with Gasteiger partial charge in [0, 0.05) is 28.5 Å². The van der Waals surface area contributed by atoms with E-state index in [1.807, 2.05) is 29.6 Å². The first-order valence-electron chi connectivity index (χ1n) is 10.4. The van der Waals surface area contributed by atoms with Crippen LogP contribution in [-0.2, 0) is 12.1 Å². The maximum absolute atomic E-state index is 14.8. The predicted octanol–water partition coefficient (Wildman–Crippen LogP) is 3.95. The molecule has 0 aliphatic heterocycles. The topological polar surface area (TPSA) is 94.5 Å². The lowest BCUT2D eigenvalue weighted by Crippen LogP contribution is -2.38. The molecular formula is C23H19F2N7OS. The number of hydrogen-bond donors (Lipinski definition) is 1. The van der Waals surface area contributed by atoms with E-state index in [0.717, 1.165) is 29.1 Å². The molecule has 0 aliphatic rings. The van der Waals surface area contributed by atoms with Crippen molar-refractivity contribution in [2.45, 2.75) is 25.0 Å². The van der Waals surface area contributed by atoms with Crippen LogP contribution in [0.3, 0.4) is 0 Å². The van der Waals surface area contributed by atoms with Crippen LogP contribution >= 0.6 is 11.3 Å². The van der Waals surface area contributed by atoms with Gasteiger partial charge in [-0.15, -0.1) is 16.4 Å². The summed E-state index contributed by atoms with van der Waals surface area (Å²) in [5, 5.41) is 26.1. The van der Waals surface area contributed by atoms with Gasteiger partial charge < -0.3 is 5.11 Å². The standard InChI is InChI=1S/C23H19F2N7OS/c1-15(23(33,12-31-14-26-13-28-31)19-7-4-17(24)10-20(19)25)22-29-21(11-34-22)16-2-5-18(6-3-16)32-9-8-27-30-32/h2-11,13-15,33H,12H2,1H3/t15-,23+/m0/s1. The largest absolute Gasteiger partial charge is 0.382 e. The Morgan fingerprint density at radius 3 is 2.65 bits per heavy atom. The van der Waals surface area contributed by atoms with Crippen molar-refractivity contribution in [1.82, 2.24) is 34.7 Å². The van der Waals surface area contributed by atoms with Crippen molar-refractivity contribution in [3.63, 3.8) is 0 Å². The number of benzene rings is 2. The first-order chi connectivity index (χ1) is 16.4. The molecule has 11 heteroatoms. The van der Waals surface area contributed by atoms with Gasteiger partial charge in [0.2, 0.25) is 0 Å². The molecule has 0 radical (unpaired) electrons. The lowest BCUT2D eigenvalue weighted by Gasteiger charge is -2.33. The van der Waals surface area contributed by atoms with Crippen LogP contribution in [0.2, 0.25) is 0 Å². The van der Waals surface area contributed by atoms with Gasteiger partial charge in [-0.05, 0) is 18.2 Å². The molecule has 0 spiro atoms. The van der Waals surface area contributed by atoms with Gasteiger partial charge in [-0.3, -0.25) is 0 Å². The minimum atomic E-state index is -1.75. The van der Waals surface area contributed by atoms with Crippen molar-refractivity contribution in [2.24, 2.45) is 0 Å². The van der Waals surface area contributed by atoms with Crippen molar-refractivity contribution in [3.8, 4) is 16.9 Å². The van der Waals surface area contributed by atoms with Crippen LogP contribution in [0.1, 0.15) is 23.4 Å². The number of thiazole rings is 1. The molecule has 5 aromatic rings. The molecule has 0 unspecified atom stereocenters. The molecule has 2 atom stereocenters. The van der Waals surface area contributed by atoms with E-state index in [1.165, 1.54) is 34.7 Å². The van der Waals surface area contributed by atoms with Crippen LogP contribution in [0, 0.1) is 11.6 Å². The van der Waals surface area contributed by atoms with Gasteiger partial charge in [-0.25, -0.2) is 28.1 Å². The smallest absolute Gasteiger partial charge is 0.137 e. The Morgan fingerprint density at radius 1 is 1.15 bits per heavy atom. The number of halogens is 2. The highest BCUT2D eigenvalue weighted by Gasteiger charge is 2.41. The van der Waals surface area contributed by atoms with Gasteiger partial charge in [-0.1, -0.05) is 30.3 Å². The Bertz CT molecular complexity index is 1390. The normalized spacial score (nSPS) is 14.1. The van der Waals surface area contributed by atoms with E-state index in [2.05, 4.69) is 20.4 Å². The molecule has 0 fully saturated rings. The fourth-order valence-corrected chi connectivity index (χ4v) is 4.78. The molecule has 0 bridgehead atoms. The summed E-state index contributed by atoms with van der Waals surface area (Å²) in [7, 11) is 0. The van der Waals surface area contributed by atoms with Gasteiger partial charge in [0.1, 0.15) is 29.9 Å². The summed E-state index contributed by atoms with van der Waals surface area (Å²) >= 11 is 1.36. The van der Waals surface area contributed by atoms with Gasteiger partial charge in [0.25, 0.3) is 0 Å². The molecule has 0 aliphatic carbocycles. The SMILES string of the molecule is C[C@@H](c1nc(-c2ccc(-n3ccnn3)cc2)cs1)[C@](O)(Cn1cncn1)c1ccc(F)cc1F. The highest BCUT2D eigenvalue weighted by atomic mass is 32.1. The summed E-state index contributed by atoms with van der Waals surface area (Å²) in [6.07, 6.45) is 6.12. The fourth-order valence-electron chi connectivity index (χ4n) is 3.81. The number of rotatable bonds is 7. The van der Waals surface area contributed by atoms with Gasteiger partial charge in [0.05, 0.1) is 35.3 Å². The van der Waals surface area contributed by atoms with Crippen molar-refractivity contribution in [1.29, 1.82) is 0 Å². The lowest BCUT2D eigenvalue weighted by molar-refractivity contribution is -0.0112. The van der Waals surface area contributed by atoms with Crippen LogP contribution < -0.4 is 0 Å². The molecule has 172 valence electrons. The van der Waals surface area contributed by atoms with Crippen molar-refractivity contribution < 1.29 is 13.9 Å². The van der Waals surface area contributed by atoms with E-state index in [9.17, 15) is 13.9 Å². The average Bonchev–Trinajstić information content (AvgIpc) is 3.61. The van der Waals surface area contributed by atoms with Crippen molar-refractivity contribution >= 4 is 11.3 Å². The summed E-state index contributed by atoms with van der Waals surface area (Å²) in [4.78, 5) is 8.62. The Balaban J connectivity index is 1.48. The third kappa shape index (κ3) is 4.11. The van der Waals surface area contributed by atoms with Gasteiger partial charge >= 0.3 is 0 Å². The minimum Gasteiger partial charge on any atom is -0.382 e. The summed E-state index contributed by atoms with van der Waals surface area (Å²) in [5.74, 6) is -2.19. The molecule has 34 heavy (non-hydrogen) atoms. The molecule has 8 nitrogen and oxygen atoms in total. The fraction of sp³-hybridized carbons (Fsp3) is 0.174. The second kappa shape index (κ2) is 8.84. The number of aromatic nitrogens is 7. The van der Waals surface area contributed by atoms with E-state index in [4.69, 9.17) is 4.98 Å². The monoisotopic (exact) mass is 479 g/mol. The van der Waals surface area contributed by atoms with Crippen LogP contribution in [0.25, 0.3) is 16.9 Å². The number of hydrogen-bond acceptors (Lipinski definition) is 7. The summed E-state index contributed by atoms with van der Waals surface area (Å²) in [5.41, 5.74) is 0.674. The van der Waals surface area contributed by atoms with Crippen LogP contribution in [0.15, 0.2) is 72.9 Å². The Labute approximate surface area is 197 Å². The van der Waals surface area contributed by atoms with E-state index in [0.29, 0.717) is 5.01 Å². The molecule has 0 saturated heterocycles. The zero-order valence-corrected chi connectivity index (χ0v) is 18.8. The first kappa shape index (κ1) is 22.0. The molecule has 0 saturated carbocycles. The Hall–Kier alpha value is -3.83. The van der Waals surface area contributed by atoms with Crippen LogP contribution in [0.4, 0.5) is 8.78 Å². The zero-order chi connectivity index (χ0) is 23.7. The van der Waals surface area contributed by atoms with E-state index < -0.39 is 23.2 Å². The minimum absolute atomic E-state index is 0.0363. The van der Waals surface area contributed by atoms with E-state index in [1.54, 1.807) is 24.0 Å². The number of nitrogens with zero attached hydrogens (tertiary/aromatic N) is 7. The molecule has 2 aromatic carbocycles. The molecule has 0 amide bonds. The van der Waals surface area contributed by atoms with Crippen LogP contribution in [-0.4, -0.2) is 39.8 Å². The van der Waals surface area contributed by atoms with Gasteiger partial charge in [-0.2, -0.15) is 5.10 Å². The average molecular weight is 480 g/mol. The highest BCUT2D eigenvalue weighted by Crippen LogP contribution is 2.41. The third-order valence-electron chi connectivity index (χ3n) is 5.73. The highest BCUT2D eigenvalue weighted by molar-refractivity contribution is 7.10. The first-order valence-corrected chi connectivity index (χ1v) is 11.2. The maximum atomic E-state index is 14.8. The van der Waals surface area contributed by atoms with Crippen LogP contribution in [0.5, 0.6) is 0 Å². The van der Waals surface area contributed by atoms with E-state index in [-0.39, 0.29) is 12.1 Å². The predicted molar refractivity (Wildman–Crippen MR) is 121 cm³/mol. The molecule has 3 heterocycles. The second-order valence-electron chi connectivity index (χ2n) is 7.83. The van der Waals surface area contributed by atoms with Crippen molar-refractivity contribution in [3.05, 3.63) is 95.1 Å². The second-order valence-corrected chi connectivity index (χ2v) is 8.72. The van der Waals surface area contributed by atoms with Crippen molar-refractivity contribution in [2.75, 3.05) is 0 Å². The maximum Gasteiger partial charge on any atom is 0.137 e. The van der Waals surface area contributed by atoms with Gasteiger partial charge in [0.15, 0.2) is 0 Å². The quantitative estimate of drug-likeness (QED) is 0.380. The summed E-state index contributed by atoms with van der Waals surface area (Å²) in [6.45, 7) is 1.67. The summed E-state index contributed by atoms with van der Waals surface area (Å²) in [6, 6.07) is 10.8. The molecule has 1 N–H and O–H groups in total.